The molecule has 1 aliphatic carbocycles. The Balaban J connectivity index is 1.93. The first-order valence-electron chi connectivity index (χ1n) is 6.53. The quantitative estimate of drug-likeness (QED) is 0.615. The summed E-state index contributed by atoms with van der Waals surface area (Å²) in [6.45, 7) is 7.03. The first-order valence-corrected chi connectivity index (χ1v) is 6.53. The molecule has 1 nitrogen and oxygen atoms in total. The Bertz CT molecular complexity index is 127. The van der Waals surface area contributed by atoms with Gasteiger partial charge in [0.2, 0.25) is 0 Å². The Labute approximate surface area is 89.7 Å². The fourth-order valence-corrected chi connectivity index (χ4v) is 2.45. The molecule has 1 fully saturated rings. The van der Waals surface area contributed by atoms with Crippen LogP contribution in [0.15, 0.2) is 0 Å². The summed E-state index contributed by atoms with van der Waals surface area (Å²) >= 11 is 0. The molecule has 0 heterocycles. The second kappa shape index (κ2) is 7.28. The smallest absolute Gasteiger partial charge is 0.00232 e. The van der Waals surface area contributed by atoms with E-state index in [4.69, 9.17) is 0 Å². The van der Waals surface area contributed by atoms with E-state index in [-0.39, 0.29) is 0 Å². The second-order valence-corrected chi connectivity index (χ2v) is 5.04. The van der Waals surface area contributed by atoms with Crippen LogP contribution in [0.2, 0.25) is 0 Å². The van der Waals surface area contributed by atoms with Crippen molar-refractivity contribution in [2.24, 2.45) is 11.8 Å². The van der Waals surface area contributed by atoms with Crippen molar-refractivity contribution in [2.75, 3.05) is 13.1 Å². The third-order valence-electron chi connectivity index (χ3n) is 3.46. The highest BCUT2D eigenvalue weighted by Gasteiger charge is 2.15. The minimum atomic E-state index is 0.877. The lowest BCUT2D eigenvalue weighted by atomic mass is 9.96. The molecule has 0 aromatic carbocycles. The van der Waals surface area contributed by atoms with Gasteiger partial charge >= 0.3 is 0 Å². The Hall–Kier alpha value is -0.0400. The van der Waals surface area contributed by atoms with E-state index in [2.05, 4.69) is 19.2 Å². The van der Waals surface area contributed by atoms with Crippen molar-refractivity contribution >= 4 is 0 Å². The Morgan fingerprint density at radius 2 is 2.00 bits per heavy atom. The van der Waals surface area contributed by atoms with Gasteiger partial charge in [-0.1, -0.05) is 46.0 Å². The van der Waals surface area contributed by atoms with Crippen molar-refractivity contribution in [3.63, 3.8) is 0 Å². The van der Waals surface area contributed by atoms with Crippen molar-refractivity contribution in [2.45, 2.75) is 58.8 Å². The predicted octanol–water partition coefficient (Wildman–Crippen LogP) is 3.59. The van der Waals surface area contributed by atoms with Crippen LogP contribution in [0, 0.1) is 11.8 Å². The summed E-state index contributed by atoms with van der Waals surface area (Å²) < 4.78 is 0. The SMILES string of the molecule is CCCNCC(C)CCC1CCCC1. The van der Waals surface area contributed by atoms with Crippen molar-refractivity contribution in [1.29, 1.82) is 0 Å². The fourth-order valence-electron chi connectivity index (χ4n) is 2.45. The maximum absolute atomic E-state index is 3.51. The fraction of sp³-hybridized carbons (Fsp3) is 1.00. The van der Waals surface area contributed by atoms with Crippen LogP contribution >= 0.6 is 0 Å². The van der Waals surface area contributed by atoms with Crippen molar-refractivity contribution in [1.82, 2.24) is 5.32 Å². The highest BCUT2D eigenvalue weighted by atomic mass is 14.8. The van der Waals surface area contributed by atoms with E-state index in [1.165, 1.54) is 58.0 Å². The summed E-state index contributed by atoms with van der Waals surface area (Å²) in [5, 5.41) is 3.51. The zero-order valence-corrected chi connectivity index (χ0v) is 10.0. The van der Waals surface area contributed by atoms with Crippen LogP contribution in [-0.2, 0) is 0 Å². The molecule has 0 aromatic rings. The molecule has 1 atom stereocenters. The number of hydrogen-bond acceptors (Lipinski definition) is 1. The molecule has 1 saturated carbocycles. The van der Waals surface area contributed by atoms with Gasteiger partial charge in [-0.3, -0.25) is 0 Å². The van der Waals surface area contributed by atoms with Gasteiger partial charge in [-0.25, -0.2) is 0 Å². The molecule has 0 spiro atoms. The Morgan fingerprint density at radius 1 is 1.29 bits per heavy atom. The molecule has 1 unspecified atom stereocenters. The molecule has 1 rings (SSSR count). The van der Waals surface area contributed by atoms with Gasteiger partial charge < -0.3 is 5.32 Å². The summed E-state index contributed by atoms with van der Waals surface area (Å²) in [6, 6.07) is 0. The monoisotopic (exact) mass is 197 g/mol. The first kappa shape index (κ1) is 12.0. The van der Waals surface area contributed by atoms with Crippen LogP contribution < -0.4 is 5.32 Å². The van der Waals surface area contributed by atoms with Crippen molar-refractivity contribution < 1.29 is 0 Å². The molecule has 84 valence electrons. The van der Waals surface area contributed by atoms with E-state index in [0.717, 1.165) is 11.8 Å². The molecule has 0 aromatic heterocycles. The molecule has 0 bridgehead atoms. The summed E-state index contributed by atoms with van der Waals surface area (Å²) in [5.41, 5.74) is 0. The lowest BCUT2D eigenvalue weighted by Crippen LogP contribution is -2.22. The van der Waals surface area contributed by atoms with Gasteiger partial charge in [0.05, 0.1) is 0 Å². The molecule has 14 heavy (non-hydrogen) atoms. The van der Waals surface area contributed by atoms with Gasteiger partial charge in [0.1, 0.15) is 0 Å². The molecule has 1 N–H and O–H groups in total. The predicted molar refractivity (Wildman–Crippen MR) is 63.5 cm³/mol. The molecular formula is C13H27N. The summed E-state index contributed by atoms with van der Waals surface area (Å²) in [5.74, 6) is 1.95. The molecular weight excluding hydrogens is 170 g/mol. The van der Waals surface area contributed by atoms with Crippen LogP contribution in [0.5, 0.6) is 0 Å². The van der Waals surface area contributed by atoms with E-state index < -0.39 is 0 Å². The first-order chi connectivity index (χ1) is 6.83. The third-order valence-corrected chi connectivity index (χ3v) is 3.46. The van der Waals surface area contributed by atoms with Gasteiger partial charge in [-0.2, -0.15) is 0 Å². The van der Waals surface area contributed by atoms with E-state index in [0.29, 0.717) is 0 Å². The van der Waals surface area contributed by atoms with Crippen LogP contribution in [0.3, 0.4) is 0 Å². The number of hydrogen-bond donors (Lipinski definition) is 1. The highest BCUT2D eigenvalue weighted by molar-refractivity contribution is 4.69. The molecule has 0 radical (unpaired) electrons. The average Bonchev–Trinajstić information content (AvgIpc) is 2.68. The topological polar surface area (TPSA) is 12.0 Å². The van der Waals surface area contributed by atoms with Crippen LogP contribution in [0.1, 0.15) is 58.8 Å². The molecule has 1 aliphatic rings. The molecule has 0 amide bonds. The number of nitrogens with one attached hydrogen (secondary N) is 1. The van der Waals surface area contributed by atoms with Gasteiger partial charge in [-0.15, -0.1) is 0 Å². The lowest BCUT2D eigenvalue weighted by molar-refractivity contribution is 0.400. The van der Waals surface area contributed by atoms with Gasteiger partial charge in [0.15, 0.2) is 0 Å². The Morgan fingerprint density at radius 3 is 2.64 bits per heavy atom. The second-order valence-electron chi connectivity index (χ2n) is 5.04. The van der Waals surface area contributed by atoms with Crippen molar-refractivity contribution in [3.05, 3.63) is 0 Å². The van der Waals surface area contributed by atoms with E-state index in [1.807, 2.05) is 0 Å². The van der Waals surface area contributed by atoms with E-state index in [9.17, 15) is 0 Å². The third kappa shape index (κ3) is 4.99. The summed E-state index contributed by atoms with van der Waals surface area (Å²) in [4.78, 5) is 0. The van der Waals surface area contributed by atoms with Gasteiger partial charge in [0, 0.05) is 0 Å². The van der Waals surface area contributed by atoms with E-state index >= 15 is 0 Å². The zero-order chi connectivity index (χ0) is 10.2. The maximum Gasteiger partial charge on any atom is -0.00232 e. The minimum absolute atomic E-state index is 0.877. The van der Waals surface area contributed by atoms with Crippen LogP contribution in [0.25, 0.3) is 0 Å². The summed E-state index contributed by atoms with van der Waals surface area (Å²) in [7, 11) is 0. The Kier molecular flexibility index (Phi) is 6.25. The van der Waals surface area contributed by atoms with Gasteiger partial charge in [0.25, 0.3) is 0 Å². The van der Waals surface area contributed by atoms with E-state index in [1.54, 1.807) is 0 Å². The largest absolute Gasteiger partial charge is 0.316 e. The zero-order valence-electron chi connectivity index (χ0n) is 10.0. The maximum atomic E-state index is 3.51. The molecule has 0 aliphatic heterocycles. The lowest BCUT2D eigenvalue weighted by Gasteiger charge is -2.14. The average molecular weight is 197 g/mol. The van der Waals surface area contributed by atoms with Crippen LogP contribution in [0.4, 0.5) is 0 Å². The summed E-state index contributed by atoms with van der Waals surface area (Å²) in [6.07, 6.45) is 10.2. The standard InChI is InChI=1S/C13H27N/c1-3-10-14-11-12(2)8-9-13-6-4-5-7-13/h12-14H,3-11H2,1-2H3. The van der Waals surface area contributed by atoms with Crippen LogP contribution in [-0.4, -0.2) is 13.1 Å². The normalized spacial score (nSPS) is 20.1. The molecule has 1 heteroatoms. The molecule has 0 saturated heterocycles. The van der Waals surface area contributed by atoms with Crippen molar-refractivity contribution in [3.8, 4) is 0 Å². The van der Waals surface area contributed by atoms with Gasteiger partial charge in [-0.05, 0) is 37.8 Å². The number of rotatable bonds is 7. The minimum Gasteiger partial charge on any atom is -0.316 e. The highest BCUT2D eigenvalue weighted by Crippen LogP contribution is 2.29.